The minimum absolute atomic E-state index is 0.0141. The summed E-state index contributed by atoms with van der Waals surface area (Å²) in [5.74, 6) is -0.538. The fourth-order valence-electron chi connectivity index (χ4n) is 2.99. The molecule has 1 aliphatic heterocycles. The van der Waals surface area contributed by atoms with Crippen LogP contribution in [0.3, 0.4) is 0 Å². The summed E-state index contributed by atoms with van der Waals surface area (Å²) in [6.07, 6.45) is 3.57. The molecule has 132 valence electrons. The van der Waals surface area contributed by atoms with E-state index < -0.39 is 22.0 Å². The number of amides is 1. The van der Waals surface area contributed by atoms with E-state index in [-0.39, 0.29) is 23.6 Å². The van der Waals surface area contributed by atoms with Crippen molar-refractivity contribution in [3.8, 4) is 5.75 Å². The van der Waals surface area contributed by atoms with Crippen LogP contribution >= 0.6 is 0 Å². The maximum absolute atomic E-state index is 13.2. The molecule has 1 atom stereocenters. The van der Waals surface area contributed by atoms with Crippen molar-refractivity contribution in [2.45, 2.75) is 17.4 Å². The van der Waals surface area contributed by atoms with E-state index in [1.807, 2.05) is 12.1 Å². The minimum atomic E-state index is -4.02. The SMILES string of the molecule is COc1c(S(=O)(=O)N2CC=CC[C@@H]2C(=O)NO)ccc2ccccc12. The summed E-state index contributed by atoms with van der Waals surface area (Å²) in [5.41, 5.74) is 1.54. The van der Waals surface area contributed by atoms with Gasteiger partial charge in [-0.2, -0.15) is 4.31 Å². The predicted octanol–water partition coefficient (Wildman–Crippen LogP) is 1.67. The molecule has 25 heavy (non-hydrogen) atoms. The maximum Gasteiger partial charge on any atom is 0.262 e. The molecule has 0 saturated carbocycles. The van der Waals surface area contributed by atoms with Gasteiger partial charge in [0.2, 0.25) is 10.0 Å². The molecule has 0 aliphatic carbocycles. The molecule has 0 aromatic heterocycles. The third-order valence-corrected chi connectivity index (χ3v) is 6.10. The minimum Gasteiger partial charge on any atom is -0.495 e. The van der Waals surface area contributed by atoms with Crippen LogP contribution < -0.4 is 10.2 Å². The Hall–Kier alpha value is -2.42. The summed E-state index contributed by atoms with van der Waals surface area (Å²) in [6.45, 7) is 0.0381. The lowest BCUT2D eigenvalue weighted by molar-refractivity contribution is -0.133. The molecule has 2 aromatic carbocycles. The number of hydrogen-bond donors (Lipinski definition) is 2. The average Bonchev–Trinajstić information content (AvgIpc) is 2.66. The van der Waals surface area contributed by atoms with Crippen LogP contribution in [0.1, 0.15) is 6.42 Å². The first-order chi connectivity index (χ1) is 12.0. The van der Waals surface area contributed by atoms with Crippen LogP contribution in [0.25, 0.3) is 10.8 Å². The molecule has 0 spiro atoms. The van der Waals surface area contributed by atoms with Crippen LogP contribution in [0.2, 0.25) is 0 Å². The number of carbonyl (C=O) groups is 1. The van der Waals surface area contributed by atoms with Gasteiger partial charge in [0.1, 0.15) is 16.7 Å². The molecule has 2 N–H and O–H groups in total. The van der Waals surface area contributed by atoms with Gasteiger partial charge < -0.3 is 4.74 Å². The summed E-state index contributed by atoms with van der Waals surface area (Å²) >= 11 is 0. The maximum atomic E-state index is 13.2. The van der Waals surface area contributed by atoms with Crippen molar-refractivity contribution in [3.63, 3.8) is 0 Å². The lowest BCUT2D eigenvalue weighted by Gasteiger charge is -2.30. The molecule has 8 heteroatoms. The summed E-state index contributed by atoms with van der Waals surface area (Å²) in [7, 11) is -2.60. The van der Waals surface area contributed by atoms with Gasteiger partial charge in [-0.15, -0.1) is 0 Å². The highest BCUT2D eigenvalue weighted by molar-refractivity contribution is 7.89. The third-order valence-electron chi connectivity index (χ3n) is 4.21. The molecular weight excluding hydrogens is 344 g/mol. The monoisotopic (exact) mass is 362 g/mol. The highest BCUT2D eigenvalue weighted by atomic mass is 32.2. The van der Waals surface area contributed by atoms with E-state index in [1.54, 1.807) is 30.4 Å². The van der Waals surface area contributed by atoms with Gasteiger partial charge in [0.15, 0.2) is 0 Å². The van der Waals surface area contributed by atoms with Crippen molar-refractivity contribution in [2.24, 2.45) is 0 Å². The normalized spacial score (nSPS) is 18.2. The fraction of sp³-hybridized carbons (Fsp3) is 0.235. The van der Waals surface area contributed by atoms with Crippen LogP contribution in [0.4, 0.5) is 0 Å². The van der Waals surface area contributed by atoms with Gasteiger partial charge in [0.25, 0.3) is 5.91 Å². The van der Waals surface area contributed by atoms with Crippen molar-refractivity contribution in [1.82, 2.24) is 9.79 Å². The second-order valence-electron chi connectivity index (χ2n) is 5.59. The molecule has 0 bridgehead atoms. The molecule has 1 amide bonds. The predicted molar refractivity (Wildman–Crippen MR) is 91.9 cm³/mol. The highest BCUT2D eigenvalue weighted by Gasteiger charge is 2.37. The quantitative estimate of drug-likeness (QED) is 0.490. The van der Waals surface area contributed by atoms with E-state index >= 15 is 0 Å². The molecule has 2 aromatic rings. The smallest absolute Gasteiger partial charge is 0.262 e. The molecular formula is C17H18N2O5S. The molecule has 0 radical (unpaired) electrons. The van der Waals surface area contributed by atoms with E-state index in [0.717, 1.165) is 9.69 Å². The van der Waals surface area contributed by atoms with Crippen LogP contribution in [-0.4, -0.2) is 43.5 Å². The van der Waals surface area contributed by atoms with E-state index in [4.69, 9.17) is 9.94 Å². The number of methoxy groups -OCH3 is 1. The first-order valence-corrected chi connectivity index (χ1v) is 9.11. The summed E-state index contributed by atoms with van der Waals surface area (Å²) in [5, 5.41) is 10.4. The average molecular weight is 362 g/mol. The van der Waals surface area contributed by atoms with Crippen molar-refractivity contribution in [2.75, 3.05) is 13.7 Å². The number of ether oxygens (including phenoxy) is 1. The molecule has 0 saturated heterocycles. The van der Waals surface area contributed by atoms with E-state index in [2.05, 4.69) is 0 Å². The van der Waals surface area contributed by atoms with Crippen molar-refractivity contribution < 1.29 is 23.2 Å². The Morgan fingerprint density at radius 2 is 2.00 bits per heavy atom. The molecule has 0 fully saturated rings. The zero-order chi connectivity index (χ0) is 18.0. The number of hydrogen-bond acceptors (Lipinski definition) is 5. The number of carbonyl (C=O) groups excluding carboxylic acids is 1. The number of hydroxylamine groups is 1. The van der Waals surface area contributed by atoms with E-state index in [9.17, 15) is 13.2 Å². The van der Waals surface area contributed by atoms with Crippen LogP contribution in [0.15, 0.2) is 53.4 Å². The largest absolute Gasteiger partial charge is 0.495 e. The van der Waals surface area contributed by atoms with Crippen molar-refractivity contribution >= 4 is 26.7 Å². The number of sulfonamides is 1. The van der Waals surface area contributed by atoms with E-state index in [1.165, 1.54) is 18.7 Å². The number of rotatable bonds is 4. The lowest BCUT2D eigenvalue weighted by atomic mass is 10.1. The van der Waals surface area contributed by atoms with Gasteiger partial charge >= 0.3 is 0 Å². The topological polar surface area (TPSA) is 95.9 Å². The van der Waals surface area contributed by atoms with Gasteiger partial charge in [0, 0.05) is 11.9 Å². The second-order valence-corrected chi connectivity index (χ2v) is 7.45. The van der Waals surface area contributed by atoms with Crippen LogP contribution in [0.5, 0.6) is 5.75 Å². The third kappa shape index (κ3) is 2.99. The number of nitrogens with one attached hydrogen (secondary N) is 1. The van der Waals surface area contributed by atoms with Gasteiger partial charge in [-0.1, -0.05) is 42.5 Å². The Morgan fingerprint density at radius 1 is 1.24 bits per heavy atom. The first-order valence-electron chi connectivity index (χ1n) is 7.67. The number of benzene rings is 2. The Morgan fingerprint density at radius 3 is 2.72 bits per heavy atom. The number of nitrogens with zero attached hydrogens (tertiary/aromatic N) is 1. The Balaban J connectivity index is 2.15. The Labute approximate surface area is 145 Å². The summed E-state index contributed by atoms with van der Waals surface area (Å²) in [6, 6.07) is 9.45. The van der Waals surface area contributed by atoms with Crippen molar-refractivity contribution in [1.29, 1.82) is 0 Å². The standard InChI is InChI=1S/C17H18N2O5S/c1-24-16-13-7-3-2-6-12(13)9-10-15(16)25(22,23)19-11-5-4-8-14(19)17(20)18-21/h2-7,9-10,14,21H,8,11H2,1H3,(H,18,20)/t14-/m1/s1. The van der Waals surface area contributed by atoms with E-state index in [0.29, 0.717) is 5.39 Å². The van der Waals surface area contributed by atoms with Gasteiger partial charge in [0.05, 0.1) is 7.11 Å². The zero-order valence-corrected chi connectivity index (χ0v) is 14.4. The van der Waals surface area contributed by atoms with Gasteiger partial charge in [-0.05, 0) is 17.9 Å². The van der Waals surface area contributed by atoms with Crippen LogP contribution in [0, 0.1) is 0 Å². The number of fused-ring (bicyclic) bond motifs is 1. The zero-order valence-electron chi connectivity index (χ0n) is 13.5. The molecule has 1 heterocycles. The molecule has 0 unspecified atom stereocenters. The summed E-state index contributed by atoms with van der Waals surface area (Å²) in [4.78, 5) is 11.9. The summed E-state index contributed by atoms with van der Waals surface area (Å²) < 4.78 is 32.8. The Bertz CT molecular complexity index is 939. The lowest BCUT2D eigenvalue weighted by Crippen LogP contribution is -2.50. The second kappa shape index (κ2) is 6.83. The first kappa shape index (κ1) is 17.4. The fourth-order valence-corrected chi connectivity index (χ4v) is 4.71. The van der Waals surface area contributed by atoms with Crippen LogP contribution in [-0.2, 0) is 14.8 Å². The molecule has 3 rings (SSSR count). The molecule has 1 aliphatic rings. The van der Waals surface area contributed by atoms with Gasteiger partial charge in [-0.25, -0.2) is 13.9 Å². The Kier molecular flexibility index (Phi) is 4.76. The van der Waals surface area contributed by atoms with Crippen molar-refractivity contribution in [3.05, 3.63) is 48.6 Å². The van der Waals surface area contributed by atoms with Gasteiger partial charge in [-0.3, -0.25) is 10.0 Å². The highest BCUT2D eigenvalue weighted by Crippen LogP contribution is 2.35. The molecule has 7 nitrogen and oxygen atoms in total.